The molecule has 1 spiro atoms. The van der Waals surface area contributed by atoms with Gasteiger partial charge in [-0.05, 0) is 74.2 Å². The molecule has 2 aliphatic rings. The highest BCUT2D eigenvalue weighted by atomic mass is 35.5. The minimum absolute atomic E-state index is 0. The maximum atomic E-state index is 13.5. The van der Waals surface area contributed by atoms with Crippen LogP contribution in [0, 0.1) is 5.41 Å². The van der Waals surface area contributed by atoms with Crippen molar-refractivity contribution in [2.24, 2.45) is 5.41 Å². The van der Waals surface area contributed by atoms with Crippen molar-refractivity contribution in [2.45, 2.75) is 51.6 Å². The summed E-state index contributed by atoms with van der Waals surface area (Å²) in [5, 5.41) is 3.73. The summed E-state index contributed by atoms with van der Waals surface area (Å²) in [7, 11) is 1.66. The van der Waals surface area contributed by atoms with E-state index in [4.69, 9.17) is 16.3 Å². The average Bonchev–Trinajstić information content (AvgIpc) is 3.17. The molecule has 2 saturated heterocycles. The first-order valence-corrected chi connectivity index (χ1v) is 13.0. The zero-order chi connectivity index (χ0) is 24.8. The smallest absolute Gasteiger partial charge is 0.229 e. The monoisotopic (exact) mass is 533 g/mol. The van der Waals surface area contributed by atoms with E-state index < -0.39 is 0 Å². The van der Waals surface area contributed by atoms with Crippen molar-refractivity contribution < 1.29 is 14.3 Å². The van der Waals surface area contributed by atoms with Gasteiger partial charge in [-0.2, -0.15) is 0 Å². The van der Waals surface area contributed by atoms with E-state index in [2.05, 4.69) is 16.3 Å². The zero-order valence-electron chi connectivity index (χ0n) is 21.2. The molecule has 1 N–H and O–H groups in total. The van der Waals surface area contributed by atoms with E-state index in [1.807, 2.05) is 54.3 Å². The van der Waals surface area contributed by atoms with Crippen molar-refractivity contribution in [1.82, 2.24) is 15.1 Å². The standard InChI is InChI=1S/C28H36ClN3O3.ClH/c1-3-26(33)30-15-11-25(22-5-4-6-23(29)19-22)31-16-12-28(13-17-31)14-18-32(27(28)34)20-21-7-9-24(35-2)10-8-21;/h4-10,19,25H,3,11-18,20H2,1-2H3,(H,30,33);1H. The van der Waals surface area contributed by atoms with E-state index in [1.54, 1.807) is 7.11 Å². The summed E-state index contributed by atoms with van der Waals surface area (Å²) in [5.41, 5.74) is 2.04. The van der Waals surface area contributed by atoms with Gasteiger partial charge in [-0.3, -0.25) is 14.5 Å². The minimum atomic E-state index is -0.252. The predicted molar refractivity (Wildman–Crippen MR) is 146 cm³/mol. The van der Waals surface area contributed by atoms with Gasteiger partial charge in [0, 0.05) is 37.1 Å². The lowest BCUT2D eigenvalue weighted by molar-refractivity contribution is -0.139. The molecule has 2 aliphatic heterocycles. The summed E-state index contributed by atoms with van der Waals surface area (Å²) in [6.45, 7) is 5.68. The summed E-state index contributed by atoms with van der Waals surface area (Å²) in [6.07, 6.45) is 3.96. The molecular formula is C28H37Cl2N3O3. The Labute approximate surface area is 225 Å². The Morgan fingerprint density at radius 3 is 2.44 bits per heavy atom. The summed E-state index contributed by atoms with van der Waals surface area (Å²) in [5.74, 6) is 1.19. The number of rotatable bonds is 9. The van der Waals surface area contributed by atoms with Crippen LogP contribution in [0.15, 0.2) is 48.5 Å². The van der Waals surface area contributed by atoms with E-state index in [9.17, 15) is 9.59 Å². The van der Waals surface area contributed by atoms with Crippen LogP contribution < -0.4 is 10.1 Å². The van der Waals surface area contributed by atoms with Crippen molar-refractivity contribution in [3.05, 3.63) is 64.7 Å². The SMILES string of the molecule is CCC(=O)NCCC(c1cccc(Cl)c1)N1CCC2(CCN(Cc3ccc(OC)cc3)C2=O)CC1.Cl. The quantitative estimate of drug-likeness (QED) is 0.478. The van der Waals surface area contributed by atoms with Crippen LogP contribution in [-0.2, 0) is 16.1 Å². The van der Waals surface area contributed by atoms with Crippen LogP contribution in [0.25, 0.3) is 0 Å². The molecule has 8 heteroatoms. The third-order valence-electron chi connectivity index (χ3n) is 7.62. The van der Waals surface area contributed by atoms with Gasteiger partial charge < -0.3 is 15.0 Å². The van der Waals surface area contributed by atoms with Crippen molar-refractivity contribution >= 4 is 35.8 Å². The third kappa shape index (κ3) is 6.53. The molecule has 2 amide bonds. The van der Waals surface area contributed by atoms with Crippen LogP contribution in [0.2, 0.25) is 5.02 Å². The fraction of sp³-hybridized carbons (Fsp3) is 0.500. The summed E-state index contributed by atoms with van der Waals surface area (Å²) < 4.78 is 5.25. The number of nitrogens with one attached hydrogen (secondary N) is 1. The van der Waals surface area contributed by atoms with E-state index in [0.717, 1.165) is 67.2 Å². The second-order valence-corrected chi connectivity index (χ2v) is 10.1. The number of halogens is 2. The summed E-state index contributed by atoms with van der Waals surface area (Å²) >= 11 is 6.31. The molecule has 36 heavy (non-hydrogen) atoms. The number of likely N-dealkylation sites (tertiary alicyclic amines) is 2. The second-order valence-electron chi connectivity index (χ2n) is 9.70. The van der Waals surface area contributed by atoms with Crippen LogP contribution in [0.4, 0.5) is 0 Å². The highest BCUT2D eigenvalue weighted by Gasteiger charge is 2.48. The minimum Gasteiger partial charge on any atom is -0.497 e. The molecular weight excluding hydrogens is 497 g/mol. The molecule has 1 unspecified atom stereocenters. The lowest BCUT2D eigenvalue weighted by Crippen LogP contribution is -2.46. The molecule has 196 valence electrons. The Morgan fingerprint density at radius 2 is 1.81 bits per heavy atom. The maximum absolute atomic E-state index is 13.5. The summed E-state index contributed by atoms with van der Waals surface area (Å²) in [4.78, 5) is 29.8. The van der Waals surface area contributed by atoms with Gasteiger partial charge in [-0.25, -0.2) is 0 Å². The van der Waals surface area contributed by atoms with Crippen molar-refractivity contribution in [3.8, 4) is 5.75 Å². The Morgan fingerprint density at radius 1 is 1.11 bits per heavy atom. The first-order chi connectivity index (χ1) is 16.9. The van der Waals surface area contributed by atoms with E-state index in [1.165, 1.54) is 0 Å². The number of amides is 2. The number of ether oxygens (including phenoxy) is 1. The normalized spacial score (nSPS) is 18.1. The van der Waals surface area contributed by atoms with E-state index >= 15 is 0 Å². The Hall–Kier alpha value is -2.28. The average molecular weight is 535 g/mol. The van der Waals surface area contributed by atoms with Crippen LogP contribution in [0.5, 0.6) is 5.75 Å². The van der Waals surface area contributed by atoms with Crippen molar-refractivity contribution in [1.29, 1.82) is 0 Å². The molecule has 2 fully saturated rings. The first-order valence-electron chi connectivity index (χ1n) is 12.6. The molecule has 2 aromatic carbocycles. The number of benzene rings is 2. The summed E-state index contributed by atoms with van der Waals surface area (Å²) in [6, 6.07) is 16.1. The zero-order valence-corrected chi connectivity index (χ0v) is 22.7. The van der Waals surface area contributed by atoms with Crippen LogP contribution in [0.1, 0.15) is 56.2 Å². The Kier molecular flexibility index (Phi) is 10.1. The molecule has 2 aromatic rings. The molecule has 0 aliphatic carbocycles. The number of methoxy groups -OCH3 is 1. The Balaban J connectivity index is 0.00000361. The van der Waals surface area contributed by atoms with E-state index in [-0.39, 0.29) is 29.8 Å². The molecule has 4 rings (SSSR count). The van der Waals surface area contributed by atoms with Crippen LogP contribution in [0.3, 0.4) is 0 Å². The number of carbonyl (C=O) groups excluding carboxylic acids is 2. The maximum Gasteiger partial charge on any atom is 0.229 e. The van der Waals surface area contributed by atoms with E-state index in [0.29, 0.717) is 25.4 Å². The van der Waals surface area contributed by atoms with Gasteiger partial charge >= 0.3 is 0 Å². The first kappa shape index (κ1) is 28.3. The second kappa shape index (κ2) is 12.8. The van der Waals surface area contributed by atoms with Crippen molar-refractivity contribution in [2.75, 3.05) is 33.3 Å². The van der Waals surface area contributed by atoms with Gasteiger partial charge in [0.2, 0.25) is 11.8 Å². The fourth-order valence-corrected chi connectivity index (χ4v) is 5.67. The van der Waals surface area contributed by atoms with Gasteiger partial charge in [0.1, 0.15) is 5.75 Å². The molecule has 0 saturated carbocycles. The molecule has 0 radical (unpaired) electrons. The number of nitrogens with zero attached hydrogens (tertiary/aromatic N) is 2. The van der Waals surface area contributed by atoms with Gasteiger partial charge in [-0.15, -0.1) is 12.4 Å². The number of hydrogen-bond acceptors (Lipinski definition) is 4. The largest absolute Gasteiger partial charge is 0.497 e. The number of hydrogen-bond donors (Lipinski definition) is 1. The molecule has 1 atom stereocenters. The molecule has 2 heterocycles. The van der Waals surface area contributed by atoms with Gasteiger partial charge in [0.15, 0.2) is 0 Å². The van der Waals surface area contributed by atoms with Crippen LogP contribution >= 0.6 is 24.0 Å². The van der Waals surface area contributed by atoms with Gasteiger partial charge in [-0.1, -0.05) is 42.8 Å². The molecule has 0 aromatic heterocycles. The predicted octanol–water partition coefficient (Wildman–Crippen LogP) is 5.24. The Bertz CT molecular complexity index is 1020. The lowest BCUT2D eigenvalue weighted by atomic mass is 9.76. The van der Waals surface area contributed by atoms with Gasteiger partial charge in [0.05, 0.1) is 12.5 Å². The van der Waals surface area contributed by atoms with Crippen LogP contribution in [-0.4, -0.2) is 54.9 Å². The number of carbonyl (C=O) groups is 2. The third-order valence-corrected chi connectivity index (χ3v) is 7.86. The van der Waals surface area contributed by atoms with Gasteiger partial charge in [0.25, 0.3) is 0 Å². The lowest BCUT2D eigenvalue weighted by Gasteiger charge is -2.42. The highest BCUT2D eigenvalue weighted by molar-refractivity contribution is 6.30. The topological polar surface area (TPSA) is 61.9 Å². The molecule has 0 bridgehead atoms. The highest BCUT2D eigenvalue weighted by Crippen LogP contribution is 2.44. The number of piperidine rings is 1. The van der Waals surface area contributed by atoms with Crippen molar-refractivity contribution in [3.63, 3.8) is 0 Å². The fourth-order valence-electron chi connectivity index (χ4n) is 5.47. The molecule has 6 nitrogen and oxygen atoms in total.